The lowest BCUT2D eigenvalue weighted by atomic mass is 10.00. The fourth-order valence-electron chi connectivity index (χ4n) is 3.32. The Morgan fingerprint density at radius 2 is 1.85 bits per heavy atom. The minimum atomic E-state index is -0.158. The Kier molecular flexibility index (Phi) is 9.97. The van der Waals surface area contributed by atoms with Gasteiger partial charge >= 0.3 is 0 Å². The second-order valence-electron chi connectivity index (χ2n) is 7.67. The standard InChI is InChI=1S/C20H33FN4O.HI/c1-15-12-25(13-16(2)26-15)20(3,4)14-24-19(22-5)23-11-10-17-8-6-7-9-18(17)21;/h6-9,15-16H,10-14H2,1-5H3,(H2,22,23,24);1H. The maximum absolute atomic E-state index is 13.7. The summed E-state index contributed by atoms with van der Waals surface area (Å²) in [6.07, 6.45) is 1.11. The van der Waals surface area contributed by atoms with Crippen molar-refractivity contribution in [3.05, 3.63) is 35.6 Å². The van der Waals surface area contributed by atoms with Crippen LogP contribution in [0.5, 0.6) is 0 Å². The largest absolute Gasteiger partial charge is 0.373 e. The smallest absolute Gasteiger partial charge is 0.191 e. The maximum atomic E-state index is 13.7. The highest BCUT2D eigenvalue weighted by molar-refractivity contribution is 14.0. The molecule has 2 atom stereocenters. The molecule has 2 rings (SSSR count). The van der Waals surface area contributed by atoms with E-state index in [9.17, 15) is 4.39 Å². The molecular formula is C20H34FIN4O. The van der Waals surface area contributed by atoms with Crippen molar-refractivity contribution in [1.82, 2.24) is 15.5 Å². The SMILES string of the molecule is CN=C(NCCc1ccccc1F)NCC(C)(C)N1CC(C)OC(C)C1.I. The van der Waals surface area contributed by atoms with Gasteiger partial charge in [-0.3, -0.25) is 9.89 Å². The topological polar surface area (TPSA) is 48.9 Å². The normalized spacial score (nSPS) is 21.5. The number of nitrogens with zero attached hydrogens (tertiary/aromatic N) is 2. The van der Waals surface area contributed by atoms with Gasteiger partial charge in [-0.1, -0.05) is 18.2 Å². The van der Waals surface area contributed by atoms with E-state index >= 15 is 0 Å². The van der Waals surface area contributed by atoms with Crippen molar-refractivity contribution in [3.8, 4) is 0 Å². The Morgan fingerprint density at radius 1 is 1.22 bits per heavy atom. The van der Waals surface area contributed by atoms with Crippen molar-refractivity contribution in [2.24, 2.45) is 4.99 Å². The first-order valence-corrected chi connectivity index (χ1v) is 9.40. The molecule has 27 heavy (non-hydrogen) atoms. The number of benzene rings is 1. The Bertz CT molecular complexity index is 601. The van der Waals surface area contributed by atoms with Gasteiger partial charge in [-0.15, -0.1) is 24.0 Å². The average Bonchev–Trinajstić information content (AvgIpc) is 2.58. The molecule has 0 aliphatic carbocycles. The summed E-state index contributed by atoms with van der Waals surface area (Å²) in [7, 11) is 1.75. The molecule has 1 saturated heterocycles. The van der Waals surface area contributed by atoms with Crippen molar-refractivity contribution in [1.29, 1.82) is 0 Å². The number of aliphatic imine (C=N–C) groups is 1. The van der Waals surface area contributed by atoms with Gasteiger partial charge in [0.1, 0.15) is 5.82 Å². The van der Waals surface area contributed by atoms with Gasteiger partial charge in [0, 0.05) is 38.8 Å². The second kappa shape index (κ2) is 11.2. The molecule has 0 radical (unpaired) electrons. The van der Waals surface area contributed by atoms with Crippen molar-refractivity contribution < 1.29 is 9.13 Å². The molecule has 2 N–H and O–H groups in total. The quantitative estimate of drug-likeness (QED) is 0.364. The Morgan fingerprint density at radius 3 is 2.44 bits per heavy atom. The zero-order valence-electron chi connectivity index (χ0n) is 17.1. The summed E-state index contributed by atoms with van der Waals surface area (Å²) in [6.45, 7) is 12.0. The number of ether oxygens (including phenoxy) is 1. The van der Waals surface area contributed by atoms with Gasteiger partial charge in [-0.25, -0.2) is 4.39 Å². The number of rotatable bonds is 6. The maximum Gasteiger partial charge on any atom is 0.191 e. The molecule has 2 unspecified atom stereocenters. The lowest BCUT2D eigenvalue weighted by molar-refractivity contribution is -0.0946. The molecule has 0 spiro atoms. The Balaban J connectivity index is 0.00000364. The lowest BCUT2D eigenvalue weighted by Crippen LogP contribution is -2.59. The van der Waals surface area contributed by atoms with E-state index in [0.29, 0.717) is 18.5 Å². The monoisotopic (exact) mass is 492 g/mol. The van der Waals surface area contributed by atoms with Gasteiger partial charge in [0.25, 0.3) is 0 Å². The molecular weight excluding hydrogens is 458 g/mol. The van der Waals surface area contributed by atoms with Gasteiger partial charge in [0.05, 0.1) is 12.2 Å². The van der Waals surface area contributed by atoms with Gasteiger partial charge in [-0.2, -0.15) is 0 Å². The third kappa shape index (κ3) is 7.54. The van der Waals surface area contributed by atoms with Crippen LogP contribution >= 0.6 is 24.0 Å². The van der Waals surface area contributed by atoms with Crippen molar-refractivity contribution in [2.75, 3.05) is 33.2 Å². The first-order valence-electron chi connectivity index (χ1n) is 9.40. The molecule has 0 amide bonds. The fraction of sp³-hybridized carbons (Fsp3) is 0.650. The highest BCUT2D eigenvalue weighted by Gasteiger charge is 2.33. The molecule has 154 valence electrons. The van der Waals surface area contributed by atoms with E-state index < -0.39 is 0 Å². The Hall–Kier alpha value is -0.930. The van der Waals surface area contributed by atoms with E-state index in [4.69, 9.17) is 4.74 Å². The van der Waals surface area contributed by atoms with Crippen LogP contribution < -0.4 is 10.6 Å². The first-order chi connectivity index (χ1) is 12.3. The van der Waals surface area contributed by atoms with Crippen LogP contribution in [0.25, 0.3) is 0 Å². The molecule has 0 aromatic heterocycles. The highest BCUT2D eigenvalue weighted by atomic mass is 127. The van der Waals surface area contributed by atoms with Crippen LogP contribution in [0.2, 0.25) is 0 Å². The third-order valence-electron chi connectivity index (χ3n) is 4.83. The van der Waals surface area contributed by atoms with Gasteiger partial charge < -0.3 is 15.4 Å². The molecule has 1 fully saturated rings. The molecule has 1 aromatic carbocycles. The van der Waals surface area contributed by atoms with Crippen molar-refractivity contribution in [3.63, 3.8) is 0 Å². The third-order valence-corrected chi connectivity index (χ3v) is 4.83. The van der Waals surface area contributed by atoms with E-state index in [-0.39, 0.29) is 47.5 Å². The summed E-state index contributed by atoms with van der Waals surface area (Å²) in [5.74, 6) is 0.581. The van der Waals surface area contributed by atoms with Crippen LogP contribution in [0.15, 0.2) is 29.3 Å². The Labute approximate surface area is 180 Å². The number of guanidine groups is 1. The van der Waals surface area contributed by atoms with E-state index in [0.717, 1.165) is 25.6 Å². The number of hydrogen-bond donors (Lipinski definition) is 2. The summed E-state index contributed by atoms with van der Waals surface area (Å²) >= 11 is 0. The summed E-state index contributed by atoms with van der Waals surface area (Å²) < 4.78 is 19.5. The average molecular weight is 492 g/mol. The minimum Gasteiger partial charge on any atom is -0.373 e. The van der Waals surface area contributed by atoms with E-state index in [1.54, 1.807) is 13.1 Å². The number of morpholine rings is 1. The molecule has 1 heterocycles. The zero-order valence-corrected chi connectivity index (χ0v) is 19.4. The van der Waals surface area contributed by atoms with E-state index in [1.807, 2.05) is 12.1 Å². The molecule has 0 saturated carbocycles. The first kappa shape index (κ1) is 24.1. The van der Waals surface area contributed by atoms with Crippen molar-refractivity contribution in [2.45, 2.75) is 51.9 Å². The summed E-state index contributed by atoms with van der Waals surface area (Å²) in [5, 5.41) is 6.67. The molecule has 7 heteroatoms. The lowest BCUT2D eigenvalue weighted by Gasteiger charge is -2.45. The van der Waals surface area contributed by atoms with Crippen LogP contribution in [0.4, 0.5) is 4.39 Å². The van der Waals surface area contributed by atoms with Gasteiger partial charge in [0.15, 0.2) is 5.96 Å². The van der Waals surface area contributed by atoms with Crippen LogP contribution in [0.3, 0.4) is 0 Å². The van der Waals surface area contributed by atoms with Crippen LogP contribution in [0.1, 0.15) is 33.3 Å². The molecule has 1 aromatic rings. The summed E-state index contributed by atoms with van der Waals surface area (Å²) in [6, 6.07) is 6.88. The molecule has 1 aliphatic heterocycles. The fourth-order valence-corrected chi connectivity index (χ4v) is 3.32. The molecule has 5 nitrogen and oxygen atoms in total. The van der Waals surface area contributed by atoms with Gasteiger partial charge in [0.2, 0.25) is 0 Å². The van der Waals surface area contributed by atoms with Crippen LogP contribution in [-0.2, 0) is 11.2 Å². The second-order valence-corrected chi connectivity index (χ2v) is 7.67. The van der Waals surface area contributed by atoms with Crippen molar-refractivity contribution >= 4 is 29.9 Å². The molecule has 0 bridgehead atoms. The van der Waals surface area contributed by atoms with Crippen LogP contribution in [0, 0.1) is 5.82 Å². The number of hydrogen-bond acceptors (Lipinski definition) is 3. The van der Waals surface area contributed by atoms with Crippen LogP contribution in [-0.4, -0.2) is 61.8 Å². The predicted octanol–water partition coefficient (Wildman–Crippen LogP) is 3.04. The number of nitrogens with one attached hydrogen (secondary N) is 2. The summed E-state index contributed by atoms with van der Waals surface area (Å²) in [5.41, 5.74) is 0.696. The van der Waals surface area contributed by atoms with Gasteiger partial charge in [-0.05, 0) is 45.7 Å². The van der Waals surface area contributed by atoms with E-state index in [1.165, 1.54) is 6.07 Å². The summed E-state index contributed by atoms with van der Waals surface area (Å²) in [4.78, 5) is 6.74. The zero-order chi connectivity index (χ0) is 19.2. The minimum absolute atomic E-state index is 0. The number of halogens is 2. The molecule has 1 aliphatic rings. The van der Waals surface area contributed by atoms with E-state index in [2.05, 4.69) is 48.2 Å². The predicted molar refractivity (Wildman–Crippen MR) is 121 cm³/mol. The highest BCUT2D eigenvalue weighted by Crippen LogP contribution is 2.20.